The van der Waals surface area contributed by atoms with Gasteiger partial charge < -0.3 is 14.8 Å². The Balaban J connectivity index is 0.000000307. The Morgan fingerprint density at radius 2 is 1.13 bits per heavy atom. The van der Waals surface area contributed by atoms with Gasteiger partial charge in [-0.15, -0.1) is 0 Å². The van der Waals surface area contributed by atoms with Crippen LogP contribution >= 0.6 is 0 Å². The van der Waals surface area contributed by atoms with Gasteiger partial charge in [0.05, 0.1) is 25.3 Å². The van der Waals surface area contributed by atoms with Crippen molar-refractivity contribution in [2.75, 3.05) is 14.2 Å². The second-order valence-electron chi connectivity index (χ2n) is 14.7. The van der Waals surface area contributed by atoms with E-state index < -0.39 is 0 Å². The van der Waals surface area contributed by atoms with Crippen LogP contribution in [-0.2, 0) is 16.0 Å². The molecule has 0 spiro atoms. The van der Waals surface area contributed by atoms with E-state index in [4.69, 9.17) is 14.5 Å². The van der Waals surface area contributed by atoms with Crippen LogP contribution in [0.1, 0.15) is 132 Å². The SMILES string of the molecule is C.COC(=O)c1ccc(C=NC2CCC(C(C)(C)C)CC2)cc1.COC(=O)c1ccc(CNC2CCC(C(C)(C)C)CC2)cc1. The van der Waals surface area contributed by atoms with Gasteiger partial charge in [-0.25, -0.2) is 9.59 Å². The van der Waals surface area contributed by atoms with Gasteiger partial charge in [0.25, 0.3) is 0 Å². The molecule has 4 rings (SSSR count). The van der Waals surface area contributed by atoms with E-state index in [-0.39, 0.29) is 19.4 Å². The summed E-state index contributed by atoms with van der Waals surface area (Å²) in [6.07, 6.45) is 12.0. The Labute approximate surface area is 273 Å². The van der Waals surface area contributed by atoms with Crippen LogP contribution in [0, 0.1) is 22.7 Å². The maximum absolute atomic E-state index is 11.4. The number of nitrogens with one attached hydrogen (secondary N) is 1. The minimum Gasteiger partial charge on any atom is -0.465 e. The van der Waals surface area contributed by atoms with Gasteiger partial charge in [-0.2, -0.15) is 0 Å². The number of nitrogens with zero attached hydrogens (tertiary/aromatic N) is 1. The molecule has 0 heterocycles. The first kappa shape index (κ1) is 38.2. The van der Waals surface area contributed by atoms with Crippen molar-refractivity contribution in [2.24, 2.45) is 27.7 Å². The van der Waals surface area contributed by atoms with E-state index in [2.05, 4.69) is 46.9 Å². The summed E-state index contributed by atoms with van der Waals surface area (Å²) in [5, 5.41) is 3.66. The van der Waals surface area contributed by atoms with Crippen molar-refractivity contribution < 1.29 is 19.1 Å². The number of methoxy groups -OCH3 is 2. The van der Waals surface area contributed by atoms with Crippen molar-refractivity contribution in [1.29, 1.82) is 0 Å². The minimum atomic E-state index is -0.302. The van der Waals surface area contributed by atoms with E-state index in [0.29, 0.717) is 34.0 Å². The highest BCUT2D eigenvalue weighted by molar-refractivity contribution is 5.90. The van der Waals surface area contributed by atoms with Crippen molar-refractivity contribution in [3.05, 3.63) is 70.8 Å². The lowest BCUT2D eigenvalue weighted by atomic mass is 9.71. The van der Waals surface area contributed by atoms with Gasteiger partial charge in [-0.1, -0.05) is 73.2 Å². The van der Waals surface area contributed by atoms with Gasteiger partial charge in [0.1, 0.15) is 0 Å². The molecule has 2 fully saturated rings. The van der Waals surface area contributed by atoms with Gasteiger partial charge in [0, 0.05) is 24.8 Å². The first-order valence-electron chi connectivity index (χ1n) is 16.4. The molecule has 0 bridgehead atoms. The van der Waals surface area contributed by atoms with Gasteiger partial charge in [0.15, 0.2) is 0 Å². The topological polar surface area (TPSA) is 77.0 Å². The van der Waals surface area contributed by atoms with Gasteiger partial charge >= 0.3 is 11.9 Å². The lowest BCUT2D eigenvalue weighted by Gasteiger charge is -2.37. The summed E-state index contributed by atoms with van der Waals surface area (Å²) in [7, 11) is 2.80. The molecular weight excluding hydrogens is 560 g/mol. The molecule has 2 aromatic rings. The van der Waals surface area contributed by atoms with Crippen LogP contribution < -0.4 is 5.32 Å². The quantitative estimate of drug-likeness (QED) is 0.247. The smallest absolute Gasteiger partial charge is 0.337 e. The molecule has 1 N–H and O–H groups in total. The van der Waals surface area contributed by atoms with Gasteiger partial charge in [-0.05, 0) is 109 Å². The molecule has 2 saturated carbocycles. The molecule has 0 saturated heterocycles. The monoisotopic (exact) mass is 620 g/mol. The van der Waals surface area contributed by atoms with Crippen LogP contribution in [0.15, 0.2) is 53.5 Å². The number of rotatable bonds is 7. The lowest BCUT2D eigenvalue weighted by molar-refractivity contribution is 0.0592. The van der Waals surface area contributed by atoms with E-state index in [1.165, 1.54) is 71.1 Å². The summed E-state index contributed by atoms with van der Waals surface area (Å²) < 4.78 is 9.41. The molecule has 0 unspecified atom stereocenters. The fourth-order valence-corrected chi connectivity index (χ4v) is 6.41. The van der Waals surface area contributed by atoms with Crippen molar-refractivity contribution in [2.45, 2.75) is 119 Å². The average molecular weight is 621 g/mol. The highest BCUT2D eigenvalue weighted by Gasteiger charge is 2.30. The number of hydrogen-bond acceptors (Lipinski definition) is 6. The van der Waals surface area contributed by atoms with E-state index in [0.717, 1.165) is 23.9 Å². The molecule has 6 heteroatoms. The average Bonchev–Trinajstić information content (AvgIpc) is 3.02. The normalized spacial score (nSPS) is 22.0. The van der Waals surface area contributed by atoms with Crippen LogP contribution in [0.5, 0.6) is 0 Å². The van der Waals surface area contributed by atoms with Crippen molar-refractivity contribution in [3.8, 4) is 0 Å². The number of carbonyl (C=O) groups is 2. The largest absolute Gasteiger partial charge is 0.465 e. The van der Waals surface area contributed by atoms with Crippen molar-refractivity contribution in [1.82, 2.24) is 5.32 Å². The summed E-state index contributed by atoms with van der Waals surface area (Å²) in [6.45, 7) is 14.9. The van der Waals surface area contributed by atoms with Crippen LogP contribution in [0.25, 0.3) is 0 Å². The maximum Gasteiger partial charge on any atom is 0.337 e. The Kier molecular flexibility index (Phi) is 15.0. The van der Waals surface area contributed by atoms with Crippen LogP contribution in [-0.4, -0.2) is 44.5 Å². The molecule has 250 valence electrons. The van der Waals surface area contributed by atoms with Gasteiger partial charge in [-0.3, -0.25) is 4.99 Å². The summed E-state index contributed by atoms with van der Waals surface area (Å²) in [5.74, 6) is 1.09. The fraction of sp³-hybridized carbons (Fsp3) is 0.615. The molecule has 0 aromatic heterocycles. The first-order chi connectivity index (χ1) is 20.8. The molecule has 2 aliphatic rings. The number of hydrogen-bond donors (Lipinski definition) is 1. The second-order valence-corrected chi connectivity index (χ2v) is 14.7. The molecule has 2 aromatic carbocycles. The number of aliphatic imine (C=N–C) groups is 1. The van der Waals surface area contributed by atoms with E-state index >= 15 is 0 Å². The third-order valence-corrected chi connectivity index (χ3v) is 9.61. The molecule has 6 nitrogen and oxygen atoms in total. The highest BCUT2D eigenvalue weighted by atomic mass is 16.5. The number of esters is 2. The van der Waals surface area contributed by atoms with Gasteiger partial charge in [0.2, 0.25) is 0 Å². The number of ether oxygens (including phenoxy) is 2. The summed E-state index contributed by atoms with van der Waals surface area (Å²) >= 11 is 0. The third kappa shape index (κ3) is 12.4. The Morgan fingerprint density at radius 3 is 1.56 bits per heavy atom. The van der Waals surface area contributed by atoms with Crippen LogP contribution in [0.2, 0.25) is 0 Å². The zero-order valence-electron chi connectivity index (χ0n) is 28.4. The van der Waals surface area contributed by atoms with Crippen LogP contribution in [0.3, 0.4) is 0 Å². The molecule has 0 amide bonds. The summed E-state index contributed by atoms with van der Waals surface area (Å²) in [6, 6.07) is 16.1. The molecule has 0 aliphatic heterocycles. The maximum atomic E-state index is 11.4. The minimum absolute atomic E-state index is 0. The molecular formula is C39H60N2O4. The van der Waals surface area contributed by atoms with Crippen molar-refractivity contribution >= 4 is 18.2 Å². The van der Waals surface area contributed by atoms with E-state index in [1.54, 1.807) is 12.1 Å². The first-order valence-corrected chi connectivity index (χ1v) is 16.4. The molecule has 0 radical (unpaired) electrons. The van der Waals surface area contributed by atoms with Crippen LogP contribution in [0.4, 0.5) is 0 Å². The van der Waals surface area contributed by atoms with E-state index in [1.807, 2.05) is 42.6 Å². The predicted molar refractivity (Wildman–Crippen MR) is 187 cm³/mol. The zero-order chi connectivity index (χ0) is 32.3. The predicted octanol–water partition coefficient (Wildman–Crippen LogP) is 9.30. The summed E-state index contributed by atoms with van der Waals surface area (Å²) in [4.78, 5) is 27.5. The van der Waals surface area contributed by atoms with Crippen molar-refractivity contribution in [3.63, 3.8) is 0 Å². The Hall–Kier alpha value is -2.99. The molecule has 45 heavy (non-hydrogen) atoms. The Morgan fingerprint density at radius 1 is 0.711 bits per heavy atom. The summed E-state index contributed by atoms with van der Waals surface area (Å²) in [5.41, 5.74) is 4.28. The third-order valence-electron chi connectivity index (χ3n) is 9.61. The van der Waals surface area contributed by atoms with E-state index in [9.17, 15) is 9.59 Å². The lowest BCUT2D eigenvalue weighted by Crippen LogP contribution is -2.35. The Bertz CT molecular complexity index is 1190. The number of carbonyl (C=O) groups excluding carboxylic acids is 2. The standard InChI is InChI=1S/C19H29NO2.C19H27NO2.CH4/c2*1-19(2,3)16-9-11-17(12-10-16)20-13-14-5-7-15(8-6-14)18(21)22-4;/h5-8,16-17,20H,9-13H2,1-4H3;5-8,13,16-17H,9-12H2,1-4H3;1H4. The second kappa shape index (κ2) is 17.6. The highest BCUT2D eigenvalue weighted by Crippen LogP contribution is 2.39. The fourth-order valence-electron chi connectivity index (χ4n) is 6.41. The molecule has 2 aliphatic carbocycles. The zero-order valence-corrected chi connectivity index (χ0v) is 28.4. The number of benzene rings is 2. The molecule has 0 atom stereocenters.